The van der Waals surface area contributed by atoms with Gasteiger partial charge >= 0.3 is 11.7 Å². The van der Waals surface area contributed by atoms with E-state index in [1.807, 2.05) is 13.8 Å². The number of ether oxygens (including phenoxy) is 2. The summed E-state index contributed by atoms with van der Waals surface area (Å²) < 4.78 is 10.5. The number of allylic oxidation sites excluding steroid dienone is 2. The molecule has 0 radical (unpaired) electrons. The van der Waals surface area contributed by atoms with Crippen molar-refractivity contribution in [2.75, 3.05) is 6.61 Å². The lowest BCUT2D eigenvalue weighted by molar-refractivity contribution is -0.433. The summed E-state index contributed by atoms with van der Waals surface area (Å²) in [5.41, 5.74) is 6.05. The van der Waals surface area contributed by atoms with Gasteiger partial charge in [0.15, 0.2) is 5.78 Å². The molecular formula is C20H22N2O6. The summed E-state index contributed by atoms with van der Waals surface area (Å²) in [6, 6.07) is 6.29. The van der Waals surface area contributed by atoms with Gasteiger partial charge in [-0.1, -0.05) is 26.0 Å². The number of carbonyl (C=O) groups is 2. The number of nitro groups is 1. The third-order valence-corrected chi connectivity index (χ3v) is 4.85. The Morgan fingerprint density at radius 1 is 1.39 bits per heavy atom. The summed E-state index contributed by atoms with van der Waals surface area (Å²) in [5, 5.41) is 11.7. The molecule has 148 valence electrons. The van der Waals surface area contributed by atoms with E-state index in [9.17, 15) is 19.7 Å². The summed E-state index contributed by atoms with van der Waals surface area (Å²) in [7, 11) is 0. The van der Waals surface area contributed by atoms with Crippen LogP contribution in [0.3, 0.4) is 0 Å². The molecule has 1 atom stereocenters. The number of hydrogen-bond donors (Lipinski definition) is 1. The molecule has 0 aromatic heterocycles. The molecule has 8 nitrogen and oxygen atoms in total. The second-order valence-corrected chi connectivity index (χ2v) is 7.67. The van der Waals surface area contributed by atoms with Gasteiger partial charge in [-0.3, -0.25) is 14.9 Å². The standard InChI is InChI=1S/C20H22N2O6/c1-4-27-19(24)12-7-5-6-11(8-12)15-16-13(23)9-20(2,3)10-14(16)28-18(21)17(15)22(25)26/h5-8,15H,4,9-10,21H2,1-3H3. The number of hydrogen-bond acceptors (Lipinski definition) is 7. The molecule has 1 aliphatic heterocycles. The third-order valence-electron chi connectivity index (χ3n) is 4.85. The molecule has 2 N–H and O–H groups in total. The Kier molecular flexibility index (Phi) is 4.97. The first kappa shape index (κ1) is 19.6. The number of nitrogens with zero attached hydrogens (tertiary/aromatic N) is 1. The number of nitrogens with two attached hydrogens (primary N) is 1. The Bertz CT molecular complexity index is 928. The van der Waals surface area contributed by atoms with Gasteiger partial charge in [-0.15, -0.1) is 0 Å². The first-order valence-corrected chi connectivity index (χ1v) is 9.00. The highest BCUT2D eigenvalue weighted by Crippen LogP contribution is 2.48. The summed E-state index contributed by atoms with van der Waals surface area (Å²) in [6.07, 6.45) is 0.683. The quantitative estimate of drug-likeness (QED) is 0.479. The number of benzene rings is 1. The van der Waals surface area contributed by atoms with Crippen molar-refractivity contribution >= 4 is 11.8 Å². The molecule has 1 unspecified atom stereocenters. The van der Waals surface area contributed by atoms with Crippen LogP contribution >= 0.6 is 0 Å². The molecular weight excluding hydrogens is 364 g/mol. The van der Waals surface area contributed by atoms with Crippen LogP contribution in [0.25, 0.3) is 0 Å². The van der Waals surface area contributed by atoms with Gasteiger partial charge < -0.3 is 15.2 Å². The van der Waals surface area contributed by atoms with Gasteiger partial charge in [-0.25, -0.2) is 4.79 Å². The van der Waals surface area contributed by atoms with Crippen molar-refractivity contribution in [1.82, 2.24) is 0 Å². The summed E-state index contributed by atoms with van der Waals surface area (Å²) in [4.78, 5) is 36.1. The van der Waals surface area contributed by atoms with E-state index >= 15 is 0 Å². The molecule has 2 aliphatic rings. The number of esters is 1. The minimum atomic E-state index is -1.00. The lowest BCUT2D eigenvalue weighted by atomic mass is 9.71. The fraction of sp³-hybridized carbons (Fsp3) is 0.400. The van der Waals surface area contributed by atoms with Gasteiger partial charge in [0.25, 0.3) is 5.88 Å². The van der Waals surface area contributed by atoms with E-state index in [1.165, 1.54) is 6.07 Å². The maximum Gasteiger partial charge on any atom is 0.338 e. The minimum Gasteiger partial charge on any atom is -0.462 e. The first-order valence-electron chi connectivity index (χ1n) is 9.00. The predicted molar refractivity (Wildman–Crippen MR) is 99.5 cm³/mol. The molecule has 0 spiro atoms. The van der Waals surface area contributed by atoms with Crippen LogP contribution in [0.5, 0.6) is 0 Å². The molecule has 0 bridgehead atoms. The van der Waals surface area contributed by atoms with Crippen LogP contribution in [0.15, 0.2) is 47.2 Å². The largest absolute Gasteiger partial charge is 0.462 e. The molecule has 0 saturated heterocycles. The lowest BCUT2D eigenvalue weighted by Crippen LogP contribution is -2.35. The molecule has 0 fully saturated rings. The van der Waals surface area contributed by atoms with Gasteiger partial charge in [0, 0.05) is 12.8 Å². The van der Waals surface area contributed by atoms with E-state index in [1.54, 1.807) is 25.1 Å². The number of Topliss-reactive ketones (excluding diaryl/α,β-unsaturated/α-hetero) is 1. The van der Waals surface area contributed by atoms with E-state index in [-0.39, 0.29) is 41.2 Å². The Morgan fingerprint density at radius 2 is 2.11 bits per heavy atom. The summed E-state index contributed by atoms with van der Waals surface area (Å²) >= 11 is 0. The molecule has 0 saturated carbocycles. The normalized spacial score (nSPS) is 21.1. The third kappa shape index (κ3) is 3.49. The molecule has 1 aromatic rings. The van der Waals surface area contributed by atoms with Gasteiger partial charge in [0.1, 0.15) is 11.7 Å². The molecule has 8 heteroatoms. The minimum absolute atomic E-state index is 0.205. The number of ketones is 1. The van der Waals surface area contributed by atoms with E-state index in [4.69, 9.17) is 15.2 Å². The zero-order chi connectivity index (χ0) is 20.6. The van der Waals surface area contributed by atoms with Crippen molar-refractivity contribution in [1.29, 1.82) is 0 Å². The molecule has 1 aliphatic carbocycles. The fourth-order valence-electron chi connectivity index (χ4n) is 3.73. The summed E-state index contributed by atoms with van der Waals surface area (Å²) in [5.74, 6) is -1.74. The predicted octanol–water partition coefficient (Wildman–Crippen LogP) is 3.02. The van der Waals surface area contributed by atoms with E-state index in [0.29, 0.717) is 17.7 Å². The van der Waals surface area contributed by atoms with Crippen LogP contribution in [0.1, 0.15) is 55.5 Å². The average molecular weight is 386 g/mol. The van der Waals surface area contributed by atoms with Gasteiger partial charge in [-0.05, 0) is 30.0 Å². The lowest BCUT2D eigenvalue weighted by Gasteiger charge is -2.36. The maximum atomic E-state index is 12.9. The van der Waals surface area contributed by atoms with Crippen molar-refractivity contribution in [2.24, 2.45) is 11.1 Å². The summed E-state index contributed by atoms with van der Waals surface area (Å²) in [6.45, 7) is 5.75. The Balaban J connectivity index is 2.16. The van der Waals surface area contributed by atoms with Crippen molar-refractivity contribution < 1.29 is 24.0 Å². The molecule has 0 amide bonds. The molecule has 1 heterocycles. The Labute approximate surface area is 162 Å². The second kappa shape index (κ2) is 7.10. The number of rotatable bonds is 4. The average Bonchev–Trinajstić information content (AvgIpc) is 2.59. The van der Waals surface area contributed by atoms with Crippen LogP contribution in [0, 0.1) is 15.5 Å². The highest BCUT2D eigenvalue weighted by atomic mass is 16.6. The molecule has 28 heavy (non-hydrogen) atoms. The molecule has 1 aromatic carbocycles. The zero-order valence-electron chi connectivity index (χ0n) is 16.0. The zero-order valence-corrected chi connectivity index (χ0v) is 16.0. The Morgan fingerprint density at radius 3 is 2.75 bits per heavy atom. The van der Waals surface area contributed by atoms with Crippen molar-refractivity contribution in [3.8, 4) is 0 Å². The van der Waals surface area contributed by atoms with Crippen LogP contribution in [-0.4, -0.2) is 23.3 Å². The van der Waals surface area contributed by atoms with Crippen molar-refractivity contribution in [3.63, 3.8) is 0 Å². The van der Waals surface area contributed by atoms with E-state index < -0.39 is 22.5 Å². The van der Waals surface area contributed by atoms with E-state index in [0.717, 1.165) is 0 Å². The van der Waals surface area contributed by atoms with E-state index in [2.05, 4.69) is 0 Å². The van der Waals surface area contributed by atoms with Gasteiger partial charge in [-0.2, -0.15) is 0 Å². The van der Waals surface area contributed by atoms with Gasteiger partial charge in [0.2, 0.25) is 0 Å². The number of carbonyl (C=O) groups excluding carboxylic acids is 2. The first-order chi connectivity index (χ1) is 13.1. The second-order valence-electron chi connectivity index (χ2n) is 7.67. The molecule has 3 rings (SSSR count). The van der Waals surface area contributed by atoms with Crippen molar-refractivity contribution in [3.05, 3.63) is 68.4 Å². The van der Waals surface area contributed by atoms with Crippen LogP contribution in [-0.2, 0) is 14.3 Å². The Hall–Kier alpha value is -3.16. The van der Waals surface area contributed by atoms with Crippen LogP contribution in [0.2, 0.25) is 0 Å². The topological polar surface area (TPSA) is 122 Å². The highest BCUT2D eigenvalue weighted by Gasteiger charge is 2.47. The van der Waals surface area contributed by atoms with Crippen molar-refractivity contribution in [2.45, 2.75) is 39.5 Å². The fourth-order valence-corrected chi connectivity index (χ4v) is 3.73. The highest BCUT2D eigenvalue weighted by molar-refractivity contribution is 5.99. The monoisotopic (exact) mass is 386 g/mol. The van der Waals surface area contributed by atoms with Crippen LogP contribution in [0.4, 0.5) is 0 Å². The maximum absolute atomic E-state index is 12.9. The van der Waals surface area contributed by atoms with Gasteiger partial charge in [0.05, 0.1) is 22.7 Å². The SMILES string of the molecule is CCOC(=O)c1cccc(C2C3=C(CC(C)(C)CC3=O)OC(N)=C2[N+](=O)[O-])c1. The smallest absolute Gasteiger partial charge is 0.338 e. The van der Waals surface area contributed by atoms with Crippen LogP contribution < -0.4 is 5.73 Å².